The highest BCUT2D eigenvalue weighted by molar-refractivity contribution is 7.07. The van der Waals surface area contributed by atoms with Gasteiger partial charge in [0.2, 0.25) is 0 Å². The van der Waals surface area contributed by atoms with Crippen LogP contribution in [-0.2, 0) is 13.0 Å². The van der Waals surface area contributed by atoms with E-state index in [1.165, 1.54) is 11.3 Å². The van der Waals surface area contributed by atoms with Crippen LogP contribution >= 0.6 is 11.3 Å². The van der Waals surface area contributed by atoms with E-state index >= 15 is 0 Å². The molecule has 0 fully saturated rings. The molecule has 0 aliphatic heterocycles. The maximum Gasteiger partial charge on any atom is 0.0794 e. The summed E-state index contributed by atoms with van der Waals surface area (Å²) in [5.41, 5.74) is 4.31. The molecule has 4 heteroatoms. The van der Waals surface area contributed by atoms with Crippen LogP contribution in [-0.4, -0.2) is 16.5 Å². The quantitative estimate of drug-likeness (QED) is 0.780. The standard InChI is InChI=1S/C11H13N3S/c1-4-12-5-2-10(1)7-13-6-3-11-8-15-9-14-11/h1-2,4-5,8-9,13H,3,6-7H2. The predicted molar refractivity (Wildman–Crippen MR) is 61.8 cm³/mol. The highest BCUT2D eigenvalue weighted by Crippen LogP contribution is 2.01. The van der Waals surface area contributed by atoms with Crippen LogP contribution in [0.2, 0.25) is 0 Å². The van der Waals surface area contributed by atoms with E-state index in [4.69, 9.17) is 0 Å². The van der Waals surface area contributed by atoms with E-state index in [2.05, 4.69) is 20.7 Å². The van der Waals surface area contributed by atoms with Crippen molar-refractivity contribution in [1.82, 2.24) is 15.3 Å². The van der Waals surface area contributed by atoms with Crippen molar-refractivity contribution in [3.8, 4) is 0 Å². The molecule has 0 unspecified atom stereocenters. The van der Waals surface area contributed by atoms with Crippen molar-refractivity contribution in [3.05, 3.63) is 46.7 Å². The van der Waals surface area contributed by atoms with Crippen molar-refractivity contribution < 1.29 is 0 Å². The van der Waals surface area contributed by atoms with E-state index < -0.39 is 0 Å². The highest BCUT2D eigenvalue weighted by Gasteiger charge is 1.94. The molecular formula is C11H13N3S. The average Bonchev–Trinajstić information content (AvgIpc) is 2.79. The SMILES string of the molecule is c1cc(CNCCc2cscn2)ccn1. The zero-order valence-electron chi connectivity index (χ0n) is 8.39. The number of hydrogen-bond donors (Lipinski definition) is 1. The molecule has 0 aromatic carbocycles. The lowest BCUT2D eigenvalue weighted by atomic mass is 10.2. The van der Waals surface area contributed by atoms with E-state index in [1.54, 1.807) is 11.3 Å². The molecule has 3 nitrogen and oxygen atoms in total. The van der Waals surface area contributed by atoms with Gasteiger partial charge in [-0.25, -0.2) is 4.98 Å². The summed E-state index contributed by atoms with van der Waals surface area (Å²) in [6.45, 7) is 1.86. The van der Waals surface area contributed by atoms with Gasteiger partial charge in [-0.3, -0.25) is 4.98 Å². The van der Waals surface area contributed by atoms with E-state index in [0.29, 0.717) is 0 Å². The second-order valence-electron chi connectivity index (χ2n) is 3.26. The number of thiazole rings is 1. The van der Waals surface area contributed by atoms with Gasteiger partial charge in [-0.05, 0) is 17.7 Å². The fourth-order valence-corrected chi connectivity index (χ4v) is 1.90. The minimum Gasteiger partial charge on any atom is -0.312 e. The maximum absolute atomic E-state index is 4.23. The molecule has 78 valence electrons. The Morgan fingerprint density at radius 3 is 2.87 bits per heavy atom. The Morgan fingerprint density at radius 2 is 2.13 bits per heavy atom. The molecule has 2 aromatic rings. The summed E-state index contributed by atoms with van der Waals surface area (Å²) in [6.07, 6.45) is 4.63. The van der Waals surface area contributed by atoms with Crippen molar-refractivity contribution in [1.29, 1.82) is 0 Å². The van der Waals surface area contributed by atoms with Gasteiger partial charge in [0.15, 0.2) is 0 Å². The van der Waals surface area contributed by atoms with Crippen LogP contribution < -0.4 is 5.32 Å². The normalized spacial score (nSPS) is 10.4. The number of nitrogens with one attached hydrogen (secondary N) is 1. The smallest absolute Gasteiger partial charge is 0.0794 e. The first kappa shape index (κ1) is 10.3. The minimum atomic E-state index is 0.895. The summed E-state index contributed by atoms with van der Waals surface area (Å²) in [7, 11) is 0. The van der Waals surface area contributed by atoms with E-state index in [-0.39, 0.29) is 0 Å². The van der Waals surface area contributed by atoms with E-state index in [1.807, 2.05) is 30.0 Å². The fourth-order valence-electron chi connectivity index (χ4n) is 1.31. The molecule has 0 atom stereocenters. The number of rotatable bonds is 5. The summed E-state index contributed by atoms with van der Waals surface area (Å²) < 4.78 is 0. The molecule has 2 aromatic heterocycles. The number of aromatic nitrogens is 2. The summed E-state index contributed by atoms with van der Waals surface area (Å²) >= 11 is 1.65. The molecule has 2 heterocycles. The second kappa shape index (κ2) is 5.58. The maximum atomic E-state index is 4.23. The summed E-state index contributed by atoms with van der Waals surface area (Å²) in [5, 5.41) is 5.47. The van der Waals surface area contributed by atoms with Gasteiger partial charge < -0.3 is 5.32 Å². The molecule has 1 N–H and O–H groups in total. The van der Waals surface area contributed by atoms with Crippen LogP contribution in [0, 0.1) is 0 Å². The molecule has 15 heavy (non-hydrogen) atoms. The summed E-state index contributed by atoms with van der Waals surface area (Å²) in [6, 6.07) is 4.05. The number of pyridine rings is 1. The van der Waals surface area contributed by atoms with Crippen LogP contribution in [0.3, 0.4) is 0 Å². The van der Waals surface area contributed by atoms with Gasteiger partial charge >= 0.3 is 0 Å². The van der Waals surface area contributed by atoms with E-state index in [9.17, 15) is 0 Å². The Bertz CT molecular complexity index is 372. The van der Waals surface area contributed by atoms with Crippen molar-refractivity contribution >= 4 is 11.3 Å². The Balaban J connectivity index is 1.68. The molecule has 0 spiro atoms. The zero-order chi connectivity index (χ0) is 10.3. The Kier molecular flexibility index (Phi) is 3.82. The second-order valence-corrected chi connectivity index (χ2v) is 3.98. The van der Waals surface area contributed by atoms with Crippen molar-refractivity contribution in [2.75, 3.05) is 6.54 Å². The zero-order valence-corrected chi connectivity index (χ0v) is 9.20. The monoisotopic (exact) mass is 219 g/mol. The molecule has 0 aliphatic carbocycles. The Hall–Kier alpha value is -1.26. The number of hydrogen-bond acceptors (Lipinski definition) is 4. The topological polar surface area (TPSA) is 37.8 Å². The minimum absolute atomic E-state index is 0.895. The third-order valence-corrected chi connectivity index (χ3v) is 2.76. The van der Waals surface area contributed by atoms with Crippen LogP contribution in [0.15, 0.2) is 35.4 Å². The first-order chi connectivity index (χ1) is 7.45. The van der Waals surface area contributed by atoms with Crippen molar-refractivity contribution in [3.63, 3.8) is 0 Å². The fraction of sp³-hybridized carbons (Fsp3) is 0.273. The van der Waals surface area contributed by atoms with Crippen molar-refractivity contribution in [2.45, 2.75) is 13.0 Å². The lowest BCUT2D eigenvalue weighted by Gasteiger charge is -2.02. The van der Waals surface area contributed by atoms with Gasteiger partial charge in [-0.15, -0.1) is 11.3 Å². The Morgan fingerprint density at radius 1 is 1.27 bits per heavy atom. The highest BCUT2D eigenvalue weighted by atomic mass is 32.1. The lowest BCUT2D eigenvalue weighted by Crippen LogP contribution is -2.16. The first-order valence-corrected chi connectivity index (χ1v) is 5.86. The van der Waals surface area contributed by atoms with Gasteiger partial charge in [-0.2, -0.15) is 0 Å². The predicted octanol–water partition coefficient (Wildman–Crippen LogP) is 1.87. The van der Waals surface area contributed by atoms with Crippen molar-refractivity contribution in [2.24, 2.45) is 0 Å². The van der Waals surface area contributed by atoms with Gasteiger partial charge in [0.25, 0.3) is 0 Å². The molecule has 0 aliphatic rings. The third-order valence-electron chi connectivity index (χ3n) is 2.12. The lowest BCUT2D eigenvalue weighted by molar-refractivity contribution is 0.681. The average molecular weight is 219 g/mol. The van der Waals surface area contributed by atoms with Gasteiger partial charge in [0.05, 0.1) is 11.2 Å². The summed E-state index contributed by atoms with van der Waals surface area (Å²) in [5.74, 6) is 0. The summed E-state index contributed by atoms with van der Waals surface area (Å²) in [4.78, 5) is 8.21. The largest absolute Gasteiger partial charge is 0.312 e. The van der Waals surface area contributed by atoms with Gasteiger partial charge in [-0.1, -0.05) is 0 Å². The van der Waals surface area contributed by atoms with Crippen LogP contribution in [0.25, 0.3) is 0 Å². The van der Waals surface area contributed by atoms with E-state index in [0.717, 1.165) is 19.5 Å². The molecular weight excluding hydrogens is 206 g/mol. The molecule has 2 rings (SSSR count). The molecule has 0 bridgehead atoms. The van der Waals surface area contributed by atoms with Crippen LogP contribution in [0.5, 0.6) is 0 Å². The van der Waals surface area contributed by atoms with Crippen LogP contribution in [0.1, 0.15) is 11.3 Å². The molecule has 0 radical (unpaired) electrons. The van der Waals surface area contributed by atoms with Gasteiger partial charge in [0, 0.05) is 37.3 Å². The Labute approximate surface area is 93.2 Å². The first-order valence-electron chi connectivity index (χ1n) is 4.92. The molecule has 0 saturated carbocycles. The molecule has 0 amide bonds. The number of nitrogens with zero attached hydrogens (tertiary/aromatic N) is 2. The third kappa shape index (κ3) is 3.42. The molecule has 0 saturated heterocycles. The van der Waals surface area contributed by atoms with Crippen LogP contribution in [0.4, 0.5) is 0 Å². The van der Waals surface area contributed by atoms with Gasteiger partial charge in [0.1, 0.15) is 0 Å².